The van der Waals surface area contributed by atoms with Crippen LogP contribution >= 0.6 is 24.8 Å². The number of methoxy groups -OCH3 is 1. The minimum absolute atomic E-state index is 0. The maximum absolute atomic E-state index is 12.5. The summed E-state index contributed by atoms with van der Waals surface area (Å²) in [6, 6.07) is 0. The largest absolute Gasteiger partial charge is 0.445 e. The highest BCUT2D eigenvalue weighted by Crippen LogP contribution is 2.31. The number of oxazole rings is 1. The molecule has 1 unspecified atom stereocenters. The van der Waals surface area contributed by atoms with E-state index in [-0.39, 0.29) is 42.2 Å². The predicted molar refractivity (Wildman–Crippen MR) is 97.7 cm³/mol. The van der Waals surface area contributed by atoms with Crippen LogP contribution in [0.2, 0.25) is 0 Å². The first kappa shape index (κ1) is 22.2. The number of carbonyl (C=O) groups excluding carboxylic acids is 1. The Bertz CT molecular complexity index is 524. The molecule has 9 heteroatoms. The van der Waals surface area contributed by atoms with Crippen molar-refractivity contribution >= 4 is 30.7 Å². The minimum Gasteiger partial charge on any atom is -0.445 e. The number of hydrogen-bond donors (Lipinski definition) is 2. The van der Waals surface area contributed by atoms with Crippen LogP contribution < -0.4 is 10.6 Å². The number of amides is 1. The van der Waals surface area contributed by atoms with Crippen LogP contribution in [-0.4, -0.2) is 50.8 Å². The molecule has 144 valence electrons. The summed E-state index contributed by atoms with van der Waals surface area (Å²) < 4.78 is 16.4. The van der Waals surface area contributed by atoms with E-state index in [1.54, 1.807) is 7.11 Å². The van der Waals surface area contributed by atoms with Gasteiger partial charge < -0.3 is 24.5 Å². The molecule has 1 amide bonds. The molecule has 1 aromatic heterocycles. The van der Waals surface area contributed by atoms with E-state index < -0.39 is 0 Å². The quantitative estimate of drug-likeness (QED) is 0.766. The summed E-state index contributed by atoms with van der Waals surface area (Å²) in [4.78, 5) is 16.6. The average Bonchev–Trinajstić information content (AvgIpc) is 3.24. The van der Waals surface area contributed by atoms with Crippen LogP contribution in [0, 0.1) is 5.41 Å². The third-order valence-corrected chi connectivity index (χ3v) is 4.77. The SMILES string of the molecule is COCC1(CNC(=O)c2ncoc2C2CCCO2)CCNCC1.Cl.Cl. The summed E-state index contributed by atoms with van der Waals surface area (Å²) >= 11 is 0. The molecule has 0 saturated carbocycles. The molecular formula is C16H27Cl2N3O4. The molecule has 2 fully saturated rings. The summed E-state index contributed by atoms with van der Waals surface area (Å²) in [7, 11) is 1.71. The molecule has 7 nitrogen and oxygen atoms in total. The molecule has 3 rings (SSSR count). The third kappa shape index (κ3) is 5.31. The standard InChI is InChI=1S/C16H25N3O4.2ClH/c1-21-10-16(4-6-17-7-5-16)9-18-15(20)13-14(23-11-19-13)12-3-2-8-22-12;;/h11-12,17H,2-10H2,1H3,(H,18,20);2*1H. The zero-order valence-electron chi connectivity index (χ0n) is 14.4. The summed E-state index contributed by atoms with van der Waals surface area (Å²) in [5.41, 5.74) is 0.335. The molecule has 2 N–H and O–H groups in total. The molecule has 0 spiro atoms. The molecule has 1 aromatic rings. The average molecular weight is 396 g/mol. The molecule has 0 aliphatic carbocycles. The lowest BCUT2D eigenvalue weighted by Crippen LogP contribution is -2.47. The third-order valence-electron chi connectivity index (χ3n) is 4.77. The molecule has 0 radical (unpaired) electrons. The second-order valence-electron chi connectivity index (χ2n) is 6.43. The Morgan fingerprint density at radius 1 is 1.44 bits per heavy atom. The van der Waals surface area contributed by atoms with Gasteiger partial charge in [-0.15, -0.1) is 24.8 Å². The zero-order valence-corrected chi connectivity index (χ0v) is 16.0. The Balaban J connectivity index is 0.00000156. The molecule has 2 saturated heterocycles. The lowest BCUT2D eigenvalue weighted by molar-refractivity contribution is 0.0507. The summed E-state index contributed by atoms with van der Waals surface area (Å²) in [5.74, 6) is 0.351. The second kappa shape index (κ2) is 10.3. The van der Waals surface area contributed by atoms with Crippen LogP contribution in [0.15, 0.2) is 10.8 Å². The van der Waals surface area contributed by atoms with Gasteiger partial charge in [0.1, 0.15) is 6.10 Å². The van der Waals surface area contributed by atoms with Crippen molar-refractivity contribution < 1.29 is 18.7 Å². The number of halogens is 2. The van der Waals surface area contributed by atoms with E-state index in [1.165, 1.54) is 6.39 Å². The van der Waals surface area contributed by atoms with Crippen LogP contribution in [0.1, 0.15) is 48.0 Å². The van der Waals surface area contributed by atoms with E-state index in [4.69, 9.17) is 13.9 Å². The number of nitrogens with one attached hydrogen (secondary N) is 2. The van der Waals surface area contributed by atoms with Crippen molar-refractivity contribution in [2.75, 3.05) is 40.0 Å². The van der Waals surface area contributed by atoms with Crippen molar-refractivity contribution in [3.8, 4) is 0 Å². The number of ether oxygens (including phenoxy) is 2. The topological polar surface area (TPSA) is 85.6 Å². The van der Waals surface area contributed by atoms with Gasteiger partial charge in [-0.25, -0.2) is 4.98 Å². The highest BCUT2D eigenvalue weighted by Gasteiger charge is 2.34. The van der Waals surface area contributed by atoms with Crippen molar-refractivity contribution in [2.24, 2.45) is 5.41 Å². The van der Waals surface area contributed by atoms with Crippen molar-refractivity contribution in [3.63, 3.8) is 0 Å². The van der Waals surface area contributed by atoms with Gasteiger partial charge in [0.2, 0.25) is 0 Å². The number of rotatable bonds is 6. The predicted octanol–water partition coefficient (Wildman–Crippen LogP) is 2.12. The summed E-state index contributed by atoms with van der Waals surface area (Å²) in [5, 5.41) is 6.37. The first-order valence-corrected chi connectivity index (χ1v) is 8.27. The van der Waals surface area contributed by atoms with Gasteiger partial charge in [0.05, 0.1) is 6.61 Å². The van der Waals surface area contributed by atoms with E-state index in [1.807, 2.05) is 0 Å². The Morgan fingerprint density at radius 3 is 2.84 bits per heavy atom. The van der Waals surface area contributed by atoms with Crippen molar-refractivity contribution in [2.45, 2.75) is 31.8 Å². The van der Waals surface area contributed by atoms with E-state index in [9.17, 15) is 4.79 Å². The molecular weight excluding hydrogens is 369 g/mol. The van der Waals surface area contributed by atoms with Gasteiger partial charge in [-0.1, -0.05) is 0 Å². The number of aromatic nitrogens is 1. The lowest BCUT2D eigenvalue weighted by atomic mass is 9.79. The minimum atomic E-state index is -0.196. The fourth-order valence-corrected chi connectivity index (χ4v) is 3.43. The van der Waals surface area contributed by atoms with Gasteiger partial charge in [0.25, 0.3) is 5.91 Å². The Morgan fingerprint density at radius 2 is 2.20 bits per heavy atom. The van der Waals surface area contributed by atoms with Crippen molar-refractivity contribution in [1.29, 1.82) is 0 Å². The van der Waals surface area contributed by atoms with Gasteiger partial charge in [-0.2, -0.15) is 0 Å². The van der Waals surface area contributed by atoms with Crippen LogP contribution in [0.4, 0.5) is 0 Å². The van der Waals surface area contributed by atoms with Gasteiger partial charge in [-0.3, -0.25) is 4.79 Å². The number of hydrogen-bond acceptors (Lipinski definition) is 6. The first-order chi connectivity index (χ1) is 11.2. The van der Waals surface area contributed by atoms with Gasteiger partial charge in [0, 0.05) is 25.7 Å². The number of piperidine rings is 1. The van der Waals surface area contributed by atoms with Crippen molar-refractivity contribution in [3.05, 3.63) is 17.8 Å². The molecule has 2 aliphatic heterocycles. The smallest absolute Gasteiger partial charge is 0.273 e. The second-order valence-corrected chi connectivity index (χ2v) is 6.43. The van der Waals surface area contributed by atoms with Gasteiger partial charge in [-0.05, 0) is 38.8 Å². The van der Waals surface area contributed by atoms with Gasteiger partial charge >= 0.3 is 0 Å². The fraction of sp³-hybridized carbons (Fsp3) is 0.750. The number of carbonyl (C=O) groups is 1. The highest BCUT2D eigenvalue weighted by atomic mass is 35.5. The summed E-state index contributed by atoms with van der Waals surface area (Å²) in [6.07, 6.45) is 4.99. The normalized spacial score (nSPS) is 21.9. The molecule has 3 heterocycles. The zero-order chi connectivity index (χ0) is 16.1. The van der Waals surface area contributed by atoms with Crippen molar-refractivity contribution in [1.82, 2.24) is 15.6 Å². The van der Waals surface area contributed by atoms with E-state index in [0.29, 0.717) is 31.2 Å². The first-order valence-electron chi connectivity index (χ1n) is 8.27. The molecule has 0 bridgehead atoms. The maximum Gasteiger partial charge on any atom is 0.273 e. The van der Waals surface area contributed by atoms with E-state index in [0.717, 1.165) is 38.8 Å². The van der Waals surface area contributed by atoms with Crippen LogP contribution in [-0.2, 0) is 9.47 Å². The monoisotopic (exact) mass is 395 g/mol. The van der Waals surface area contributed by atoms with Crippen LogP contribution in [0.3, 0.4) is 0 Å². The molecule has 1 atom stereocenters. The van der Waals surface area contributed by atoms with E-state index >= 15 is 0 Å². The lowest BCUT2D eigenvalue weighted by Gasteiger charge is -2.37. The highest BCUT2D eigenvalue weighted by molar-refractivity contribution is 5.93. The molecule has 0 aromatic carbocycles. The van der Waals surface area contributed by atoms with Gasteiger partial charge in [0.15, 0.2) is 17.8 Å². The Hall–Kier alpha value is -0.860. The fourth-order valence-electron chi connectivity index (χ4n) is 3.43. The summed E-state index contributed by atoms with van der Waals surface area (Å²) in [6.45, 7) is 3.83. The maximum atomic E-state index is 12.5. The number of nitrogens with zero attached hydrogens (tertiary/aromatic N) is 1. The van der Waals surface area contributed by atoms with Crippen LogP contribution in [0.5, 0.6) is 0 Å². The Kier molecular flexibility index (Phi) is 9.16. The Labute approximate surface area is 160 Å². The molecule has 2 aliphatic rings. The van der Waals surface area contributed by atoms with E-state index in [2.05, 4.69) is 15.6 Å². The van der Waals surface area contributed by atoms with Crippen LogP contribution in [0.25, 0.3) is 0 Å². The molecule has 25 heavy (non-hydrogen) atoms.